The van der Waals surface area contributed by atoms with Gasteiger partial charge in [0.1, 0.15) is 110 Å². The molecule has 5 aliphatic heterocycles. The zero-order chi connectivity index (χ0) is 66.0. The number of nitrogens with one attached hydrogen (secondary N) is 2. The van der Waals surface area contributed by atoms with Crippen LogP contribution in [0.2, 0.25) is 0 Å². The van der Waals surface area contributed by atoms with E-state index in [1.807, 2.05) is 13.8 Å². The third kappa shape index (κ3) is 13.6. The molecule has 28 heteroatoms. The zero-order valence-corrected chi connectivity index (χ0v) is 53.2. The molecule has 4 aliphatic carbocycles. The minimum Gasteiger partial charge on any atom is -0.394 e. The van der Waals surface area contributed by atoms with Crippen LogP contribution in [0.25, 0.3) is 0 Å². The molecule has 516 valence electrons. The molecule has 33 atom stereocenters. The summed E-state index contributed by atoms with van der Waals surface area (Å²) in [4.78, 5) is 38.5. The van der Waals surface area contributed by atoms with Gasteiger partial charge in [0, 0.05) is 20.3 Å². The highest BCUT2D eigenvalue weighted by atomic mass is 16.8. The summed E-state index contributed by atoms with van der Waals surface area (Å²) >= 11 is 0. The van der Waals surface area contributed by atoms with Gasteiger partial charge in [-0.15, -0.1) is 0 Å². The number of rotatable bonds is 19. The van der Waals surface area contributed by atoms with E-state index in [0.717, 1.165) is 45.1 Å². The van der Waals surface area contributed by atoms with Crippen LogP contribution in [0.3, 0.4) is 0 Å². The Hall–Kier alpha value is -2.57. The van der Waals surface area contributed by atoms with Crippen molar-refractivity contribution in [1.29, 1.82) is 0 Å². The summed E-state index contributed by atoms with van der Waals surface area (Å²) in [6.45, 7) is 16.3. The molecule has 5 heterocycles. The van der Waals surface area contributed by atoms with Crippen LogP contribution in [0, 0.1) is 51.2 Å². The fourth-order valence-corrected chi connectivity index (χ4v) is 18.1. The van der Waals surface area contributed by atoms with Crippen LogP contribution in [-0.2, 0) is 61.8 Å². The second-order valence-electron chi connectivity index (χ2n) is 28.9. The molecule has 9 fully saturated rings. The summed E-state index contributed by atoms with van der Waals surface area (Å²) in [5, 5.41) is 149. The van der Waals surface area contributed by atoms with Gasteiger partial charge in [-0.05, 0) is 116 Å². The van der Waals surface area contributed by atoms with Crippen molar-refractivity contribution in [3.8, 4) is 0 Å². The number of fused-ring (bicyclic) bond motifs is 5. The van der Waals surface area contributed by atoms with Crippen molar-refractivity contribution in [2.24, 2.45) is 51.2 Å². The molecule has 0 aromatic rings. The van der Waals surface area contributed by atoms with Crippen LogP contribution in [0.5, 0.6) is 0 Å². The van der Waals surface area contributed by atoms with Crippen LogP contribution in [0.15, 0.2) is 11.6 Å². The van der Waals surface area contributed by atoms with E-state index >= 15 is 0 Å². The normalized spacial score (nSPS) is 49.7. The second-order valence-corrected chi connectivity index (χ2v) is 28.9. The first-order valence-electron chi connectivity index (χ1n) is 32.1. The van der Waals surface area contributed by atoms with Crippen LogP contribution in [-0.4, -0.2) is 270 Å². The second kappa shape index (κ2) is 28.2. The molecule has 0 unspecified atom stereocenters. The number of ether oxygens (including phenoxy) is 10. The van der Waals surface area contributed by atoms with Gasteiger partial charge in [0.25, 0.3) is 0 Å². The Labute approximate surface area is 524 Å². The van der Waals surface area contributed by atoms with Crippen molar-refractivity contribution < 1.29 is 128 Å². The lowest BCUT2D eigenvalue weighted by molar-refractivity contribution is -0.376. The zero-order valence-electron chi connectivity index (χ0n) is 53.2. The van der Waals surface area contributed by atoms with Crippen molar-refractivity contribution in [3.63, 3.8) is 0 Å². The molecular weight excluding hydrogens is 1190 g/mol. The van der Waals surface area contributed by atoms with E-state index in [9.17, 15) is 80.8 Å². The molecule has 0 bridgehead atoms. The molecule has 9 aliphatic rings. The van der Waals surface area contributed by atoms with Gasteiger partial charge < -0.3 is 124 Å². The van der Waals surface area contributed by atoms with Gasteiger partial charge in [-0.25, -0.2) is 0 Å². The largest absolute Gasteiger partial charge is 0.394 e. The van der Waals surface area contributed by atoms with Gasteiger partial charge in [-0.3, -0.25) is 14.4 Å². The topological polar surface area (TPSA) is 431 Å². The minimum atomic E-state index is -1.94. The lowest BCUT2D eigenvalue weighted by Crippen LogP contribution is -2.69. The van der Waals surface area contributed by atoms with Crippen molar-refractivity contribution in [3.05, 3.63) is 11.6 Å². The lowest BCUT2D eigenvalue weighted by Gasteiger charge is -2.69. The highest BCUT2D eigenvalue weighted by Gasteiger charge is 2.70. The number of allylic oxidation sites excluding steroid dienone is 2. The van der Waals surface area contributed by atoms with E-state index in [-0.39, 0.29) is 46.2 Å². The van der Waals surface area contributed by atoms with Gasteiger partial charge in [-0.1, -0.05) is 47.1 Å². The van der Waals surface area contributed by atoms with E-state index in [4.69, 9.17) is 47.4 Å². The van der Waals surface area contributed by atoms with Gasteiger partial charge in [0.2, 0.25) is 11.8 Å². The molecular formula is C62H102N2O26. The highest BCUT2D eigenvalue weighted by molar-refractivity contribution is 5.90. The third-order valence-corrected chi connectivity index (χ3v) is 22.6. The fraction of sp³-hybridized carbons (Fsp3) is 0.919. The number of hydrogen-bond acceptors (Lipinski definition) is 26. The minimum absolute atomic E-state index is 0.0403. The Morgan fingerprint density at radius 2 is 1.09 bits per heavy atom. The fourth-order valence-electron chi connectivity index (χ4n) is 18.1. The summed E-state index contributed by atoms with van der Waals surface area (Å²) in [5.74, 6) is -0.614. The van der Waals surface area contributed by atoms with E-state index in [2.05, 4.69) is 52.2 Å². The lowest BCUT2D eigenvalue weighted by atomic mass is 9.36. The highest BCUT2D eigenvalue weighted by Crippen LogP contribution is 2.74. The smallest absolute Gasteiger partial charge is 0.217 e. The molecule has 5 saturated heterocycles. The number of carbonyl (C=O) groups is 3. The SMILES string of the molecule is CC(=O)N[C@H]1[C@H](O[C@@H]2CO[C@@H](O[C@H]3CC[C@]4(C)[C@H]5C[C@@H](O)[C@]6(C)[C@@H]([C@H](C)CC(=O)C=C(C)C)CC[C@H]6[C@]5(C)CC[C@H]4C3(C)C)[C@H](O[C@@H]3O[C@H](CO[C@@H]4OC[C@@H](O)[C@H](O)[C@H]4O[C@@H]4O[C@H](CO)[C@@H](O)[C@H](O)[C@H]4O)[C@@H](O)[C@H](O)[C@H]3NC(C)=O)[C@H]2O)O[C@H](CO)[C@H](O)[C@@H]1O. The van der Waals surface area contributed by atoms with Gasteiger partial charge in [-0.2, -0.15) is 0 Å². The maximum atomic E-state index is 13.1. The molecule has 9 rings (SSSR count). The standard InChI is InChI=1S/C62H102N2O26/c1-25(2)17-29(69)18-26(3)30-11-12-37-61(9)15-13-36-59(6,7)40(14-16-60(36,8)38(61)19-39(71)62(30,37)10)88-58-53(47(76)35(24-83-58)87-54-41(63-27(4)67)48(77)44(73)32(20-65)84-54)89-55-42(64-28(5)68)49(78)46(75)34(86-55)23-82-57-52(43(72)31(70)22-81-57)90-56-51(80)50(79)45(74)33(21-66)85-56/h17,26,30-58,65-66,70-80H,11-16,18-24H2,1-10H3,(H,63,67)(H,64,68)/t26-,30-,31-,32-,33-,34-,35-,36+,37+,38-,39-,40+,41-,42-,43+,44+,45-,46-,47+,48-,49-,50+,51-,52-,53-,54+,55+,56+,57+,58+,60+,61+,62-/m1/s1. The molecule has 0 aromatic carbocycles. The number of aliphatic hydroxyl groups is 13. The van der Waals surface area contributed by atoms with Crippen molar-refractivity contribution in [2.75, 3.05) is 33.0 Å². The van der Waals surface area contributed by atoms with Gasteiger partial charge >= 0.3 is 0 Å². The maximum absolute atomic E-state index is 13.1. The summed E-state index contributed by atoms with van der Waals surface area (Å²) in [5.41, 5.74) is -0.445. The first-order chi connectivity index (χ1) is 42.2. The van der Waals surface area contributed by atoms with Crippen LogP contribution in [0.4, 0.5) is 0 Å². The van der Waals surface area contributed by atoms with Gasteiger partial charge in [0.15, 0.2) is 37.2 Å². The predicted molar refractivity (Wildman–Crippen MR) is 309 cm³/mol. The number of hydrogen-bond donors (Lipinski definition) is 15. The number of carbonyl (C=O) groups excluding carboxylic acids is 3. The Morgan fingerprint density at radius 1 is 0.556 bits per heavy atom. The monoisotopic (exact) mass is 1290 g/mol. The Bertz CT molecular complexity index is 2490. The Kier molecular flexibility index (Phi) is 22.5. The summed E-state index contributed by atoms with van der Waals surface area (Å²) in [7, 11) is 0. The molecule has 4 saturated carbocycles. The third-order valence-electron chi connectivity index (χ3n) is 22.6. The first kappa shape index (κ1) is 71.7. The van der Waals surface area contributed by atoms with Crippen LogP contribution < -0.4 is 10.6 Å². The van der Waals surface area contributed by atoms with E-state index < -0.39 is 209 Å². The Balaban J connectivity index is 0.978. The number of amides is 2. The van der Waals surface area contributed by atoms with Crippen molar-refractivity contribution in [2.45, 2.75) is 274 Å². The van der Waals surface area contributed by atoms with Crippen molar-refractivity contribution >= 4 is 17.6 Å². The molecule has 0 aromatic heterocycles. The quantitative estimate of drug-likeness (QED) is 0.0460. The summed E-state index contributed by atoms with van der Waals surface area (Å²) < 4.78 is 61.7. The van der Waals surface area contributed by atoms with E-state index in [1.54, 1.807) is 6.08 Å². The molecule has 15 N–H and O–H groups in total. The molecule has 2 amide bonds. The van der Waals surface area contributed by atoms with E-state index in [0.29, 0.717) is 25.7 Å². The number of ketones is 1. The molecule has 28 nitrogen and oxygen atoms in total. The summed E-state index contributed by atoms with van der Waals surface area (Å²) in [6, 6.07) is -3.04. The number of aliphatic hydroxyl groups excluding tert-OH is 13. The average molecular weight is 1290 g/mol. The Morgan fingerprint density at radius 3 is 1.70 bits per heavy atom. The molecule has 0 radical (unpaired) electrons. The predicted octanol–water partition coefficient (Wildman–Crippen LogP) is -2.75. The van der Waals surface area contributed by atoms with E-state index in [1.165, 1.54) is 0 Å². The van der Waals surface area contributed by atoms with Crippen LogP contribution in [0.1, 0.15) is 121 Å². The first-order valence-corrected chi connectivity index (χ1v) is 32.1. The van der Waals surface area contributed by atoms with Gasteiger partial charge in [0.05, 0.1) is 45.2 Å². The molecule has 90 heavy (non-hydrogen) atoms. The van der Waals surface area contributed by atoms with Crippen LogP contribution >= 0.6 is 0 Å². The average Bonchev–Trinajstić information content (AvgIpc) is 1.20. The molecule has 0 spiro atoms. The summed E-state index contributed by atoms with van der Waals surface area (Å²) in [6.07, 6.45) is -29.4. The van der Waals surface area contributed by atoms with Crippen molar-refractivity contribution in [1.82, 2.24) is 10.6 Å². The maximum Gasteiger partial charge on any atom is 0.217 e.